The summed E-state index contributed by atoms with van der Waals surface area (Å²) in [4.78, 5) is 0. The van der Waals surface area contributed by atoms with Gasteiger partial charge in [-0.25, -0.2) is 0 Å². The number of ether oxygens (including phenoxy) is 9. The van der Waals surface area contributed by atoms with Crippen LogP contribution in [0.1, 0.15) is 39.8 Å². The van der Waals surface area contributed by atoms with Crippen molar-refractivity contribution in [3.63, 3.8) is 0 Å². The fourth-order valence-corrected chi connectivity index (χ4v) is 8.04. The summed E-state index contributed by atoms with van der Waals surface area (Å²) in [7, 11) is 0. The number of benzene rings is 6. The van der Waals surface area contributed by atoms with Crippen molar-refractivity contribution in [2.24, 2.45) is 0 Å². The zero-order valence-corrected chi connectivity index (χ0v) is 36.0. The van der Waals surface area contributed by atoms with Crippen molar-refractivity contribution in [1.29, 1.82) is 0 Å². The first-order valence-corrected chi connectivity index (χ1v) is 22.1. The van der Waals surface area contributed by atoms with Gasteiger partial charge < -0.3 is 47.7 Å². The topological polar surface area (TPSA) is 103 Å². The number of aliphatic hydroxyl groups excluding tert-OH is 1. The Hall–Kier alpha value is -5.08. The Balaban J connectivity index is 1.09. The SMILES string of the molecule is O[C@H]1O[C@H](COCc2ccccc2)[C@@H](O[C@H]2C[C@@H](OCc3ccccc3)[C@H](OCc3ccccc3)[C@@H](COCc3ccccc3)O2)[C@H](OCc2ccccc2)[C@H]1OCc1ccccc1. The van der Waals surface area contributed by atoms with Gasteiger partial charge in [0.05, 0.1) is 59.0 Å². The quantitative estimate of drug-likeness (QED) is 0.0712. The Morgan fingerprint density at radius 3 is 1.14 bits per heavy atom. The molecule has 10 heteroatoms. The van der Waals surface area contributed by atoms with Crippen LogP contribution in [-0.4, -0.2) is 73.6 Å². The van der Waals surface area contributed by atoms with Crippen LogP contribution in [0.4, 0.5) is 0 Å². The van der Waals surface area contributed by atoms with E-state index in [9.17, 15) is 5.11 Å². The number of hydrogen-bond acceptors (Lipinski definition) is 10. The third-order valence-electron chi connectivity index (χ3n) is 11.4. The van der Waals surface area contributed by atoms with Gasteiger partial charge in [0.2, 0.25) is 0 Å². The molecular weight excluding hydrogens is 809 g/mol. The average Bonchev–Trinajstić information content (AvgIpc) is 3.35. The molecular formula is C54H58O10. The van der Waals surface area contributed by atoms with Crippen LogP contribution in [0.2, 0.25) is 0 Å². The summed E-state index contributed by atoms with van der Waals surface area (Å²) in [5.41, 5.74) is 6.01. The molecule has 2 saturated heterocycles. The summed E-state index contributed by atoms with van der Waals surface area (Å²) in [6.45, 7) is 2.19. The minimum absolute atomic E-state index is 0.0975. The van der Waals surface area contributed by atoms with Gasteiger partial charge in [-0.2, -0.15) is 0 Å². The van der Waals surface area contributed by atoms with E-state index in [-0.39, 0.29) is 26.4 Å². The Morgan fingerprint density at radius 1 is 0.375 bits per heavy atom. The lowest BCUT2D eigenvalue weighted by Crippen LogP contribution is -2.63. The summed E-state index contributed by atoms with van der Waals surface area (Å²) in [6.07, 6.45) is -6.78. The fourth-order valence-electron chi connectivity index (χ4n) is 8.04. The van der Waals surface area contributed by atoms with Gasteiger partial charge in [-0.15, -0.1) is 0 Å². The van der Waals surface area contributed by atoms with Crippen LogP contribution in [0.3, 0.4) is 0 Å². The summed E-state index contributed by atoms with van der Waals surface area (Å²) >= 11 is 0. The van der Waals surface area contributed by atoms with E-state index in [1.807, 2.05) is 182 Å². The van der Waals surface area contributed by atoms with E-state index >= 15 is 0 Å². The molecule has 8 rings (SSSR count). The number of aliphatic hydroxyl groups is 1. The maximum absolute atomic E-state index is 11.7. The maximum Gasteiger partial charge on any atom is 0.184 e. The van der Waals surface area contributed by atoms with Crippen molar-refractivity contribution in [2.45, 2.75) is 101 Å². The highest BCUT2D eigenvalue weighted by Crippen LogP contribution is 2.35. The third-order valence-corrected chi connectivity index (χ3v) is 11.4. The zero-order valence-electron chi connectivity index (χ0n) is 36.0. The van der Waals surface area contributed by atoms with E-state index in [0.29, 0.717) is 32.8 Å². The van der Waals surface area contributed by atoms with Crippen molar-refractivity contribution in [1.82, 2.24) is 0 Å². The molecule has 2 aliphatic heterocycles. The van der Waals surface area contributed by atoms with Crippen molar-refractivity contribution in [2.75, 3.05) is 13.2 Å². The summed E-state index contributed by atoms with van der Waals surface area (Å²) in [5.74, 6) is 0. The summed E-state index contributed by atoms with van der Waals surface area (Å²) in [6, 6.07) is 59.8. The second-order valence-electron chi connectivity index (χ2n) is 16.1. The molecule has 2 fully saturated rings. The maximum atomic E-state index is 11.7. The van der Waals surface area contributed by atoms with Crippen molar-refractivity contribution in [3.05, 3.63) is 215 Å². The van der Waals surface area contributed by atoms with E-state index in [0.717, 1.165) is 33.4 Å². The minimum Gasteiger partial charge on any atom is -0.374 e. The van der Waals surface area contributed by atoms with Crippen molar-refractivity contribution in [3.8, 4) is 0 Å². The van der Waals surface area contributed by atoms with Crippen LogP contribution in [0.25, 0.3) is 0 Å². The molecule has 0 spiro atoms. The lowest BCUT2D eigenvalue weighted by Gasteiger charge is -2.47. The summed E-state index contributed by atoms with van der Waals surface area (Å²) < 4.78 is 60.0. The molecule has 0 aliphatic carbocycles. The first kappa shape index (κ1) is 45.5. The van der Waals surface area contributed by atoms with Gasteiger partial charge in [-0.3, -0.25) is 0 Å². The molecule has 0 saturated carbocycles. The Labute approximate surface area is 376 Å². The van der Waals surface area contributed by atoms with Crippen molar-refractivity contribution >= 4 is 0 Å². The monoisotopic (exact) mass is 866 g/mol. The van der Waals surface area contributed by atoms with E-state index in [4.69, 9.17) is 42.6 Å². The predicted octanol–water partition coefficient (Wildman–Crippen LogP) is 8.98. The van der Waals surface area contributed by atoms with Gasteiger partial charge in [0.1, 0.15) is 36.6 Å². The zero-order chi connectivity index (χ0) is 43.6. The standard InChI is InChI=1S/C54H58O10/c55-54-53(61-37-45-29-17-6-18-30-45)52(60-36-44-27-15-5-16-28-44)51(48(63-54)39-57-33-41-21-9-2-10-22-41)64-49-31-46(58-34-42-23-11-3-12-24-42)50(59-35-43-25-13-4-14-26-43)47(62-49)38-56-32-40-19-7-1-8-20-40/h1-30,46-55H,31-39H2/t46-,47-,48-,49+,50+,51-,52+,53-,54+/m1/s1. The molecule has 1 N–H and O–H groups in total. The van der Waals surface area contributed by atoms with E-state index < -0.39 is 55.3 Å². The molecule has 6 aromatic rings. The van der Waals surface area contributed by atoms with Gasteiger partial charge in [-0.05, 0) is 33.4 Å². The van der Waals surface area contributed by atoms with Gasteiger partial charge in [0.15, 0.2) is 12.6 Å². The molecule has 9 atom stereocenters. The minimum atomic E-state index is -1.35. The molecule has 10 nitrogen and oxygen atoms in total. The highest BCUT2D eigenvalue weighted by Gasteiger charge is 2.51. The van der Waals surface area contributed by atoms with Crippen LogP contribution >= 0.6 is 0 Å². The van der Waals surface area contributed by atoms with Gasteiger partial charge >= 0.3 is 0 Å². The highest BCUT2D eigenvalue weighted by molar-refractivity contribution is 5.18. The Bertz CT molecular complexity index is 2170. The molecule has 0 radical (unpaired) electrons. The van der Waals surface area contributed by atoms with Crippen molar-refractivity contribution < 1.29 is 47.7 Å². The van der Waals surface area contributed by atoms with Crippen LogP contribution in [0.5, 0.6) is 0 Å². The summed E-state index contributed by atoms with van der Waals surface area (Å²) in [5, 5.41) is 11.7. The Kier molecular flexibility index (Phi) is 17.3. The van der Waals surface area contributed by atoms with Gasteiger partial charge in [-0.1, -0.05) is 182 Å². The molecule has 6 aromatic carbocycles. The second kappa shape index (κ2) is 24.3. The first-order valence-electron chi connectivity index (χ1n) is 22.1. The van der Waals surface area contributed by atoms with Crippen LogP contribution in [0.15, 0.2) is 182 Å². The van der Waals surface area contributed by atoms with Gasteiger partial charge in [0, 0.05) is 6.42 Å². The van der Waals surface area contributed by atoms with Crippen LogP contribution in [-0.2, 0) is 82.3 Å². The molecule has 0 aromatic heterocycles. The molecule has 0 unspecified atom stereocenters. The lowest BCUT2D eigenvalue weighted by atomic mass is 9.97. The smallest absolute Gasteiger partial charge is 0.184 e. The van der Waals surface area contributed by atoms with E-state index in [1.54, 1.807) is 0 Å². The normalized spacial score (nSPS) is 24.6. The second-order valence-corrected chi connectivity index (χ2v) is 16.1. The fraction of sp³-hybridized carbons (Fsp3) is 0.333. The molecule has 64 heavy (non-hydrogen) atoms. The molecule has 0 amide bonds. The molecule has 2 aliphatic rings. The van der Waals surface area contributed by atoms with Crippen LogP contribution in [0, 0.1) is 0 Å². The van der Waals surface area contributed by atoms with E-state index in [2.05, 4.69) is 0 Å². The van der Waals surface area contributed by atoms with E-state index in [1.165, 1.54) is 0 Å². The molecule has 334 valence electrons. The van der Waals surface area contributed by atoms with Gasteiger partial charge in [0.25, 0.3) is 0 Å². The lowest BCUT2D eigenvalue weighted by molar-refractivity contribution is -0.352. The third kappa shape index (κ3) is 13.5. The Morgan fingerprint density at radius 2 is 0.719 bits per heavy atom. The molecule has 0 bridgehead atoms. The largest absolute Gasteiger partial charge is 0.374 e. The highest BCUT2D eigenvalue weighted by atomic mass is 16.7. The molecule has 2 heterocycles. The predicted molar refractivity (Wildman–Crippen MR) is 241 cm³/mol. The first-order chi connectivity index (χ1) is 31.6. The number of hydrogen-bond donors (Lipinski definition) is 1. The van der Waals surface area contributed by atoms with Crippen LogP contribution < -0.4 is 0 Å². The number of rotatable bonds is 22. The average molecular weight is 867 g/mol.